The van der Waals surface area contributed by atoms with Gasteiger partial charge in [0.05, 0.1) is 5.69 Å². The molecule has 0 spiro atoms. The molecule has 3 aromatic rings. The minimum atomic E-state index is -0.238. The summed E-state index contributed by atoms with van der Waals surface area (Å²) in [7, 11) is 0. The molecule has 0 saturated heterocycles. The van der Waals surface area contributed by atoms with E-state index in [1.165, 1.54) is 6.07 Å². The minimum absolute atomic E-state index is 0.238. The van der Waals surface area contributed by atoms with Crippen molar-refractivity contribution in [2.45, 2.75) is 0 Å². The van der Waals surface area contributed by atoms with E-state index < -0.39 is 0 Å². The third-order valence-corrected chi connectivity index (χ3v) is 3.26. The molecular formula is C16H12ClN3O. The molecule has 0 amide bonds. The summed E-state index contributed by atoms with van der Waals surface area (Å²) in [5.41, 5.74) is 1.86. The van der Waals surface area contributed by atoms with E-state index in [1.807, 2.05) is 48.5 Å². The van der Waals surface area contributed by atoms with Crippen molar-refractivity contribution in [3.05, 3.63) is 76.0 Å². The highest BCUT2D eigenvalue weighted by atomic mass is 35.5. The molecule has 3 rings (SSSR count). The summed E-state index contributed by atoms with van der Waals surface area (Å²) in [5, 5.41) is 3.62. The van der Waals surface area contributed by atoms with Gasteiger partial charge in [-0.15, -0.1) is 0 Å². The summed E-state index contributed by atoms with van der Waals surface area (Å²) in [4.78, 5) is 18.9. The van der Waals surface area contributed by atoms with E-state index in [9.17, 15) is 4.79 Å². The molecule has 0 aliphatic carbocycles. The zero-order valence-electron chi connectivity index (χ0n) is 11.0. The molecule has 104 valence electrons. The van der Waals surface area contributed by atoms with Crippen LogP contribution in [0.4, 0.5) is 11.6 Å². The first-order chi connectivity index (χ1) is 10.2. The van der Waals surface area contributed by atoms with Crippen LogP contribution in [0.5, 0.6) is 0 Å². The second-order valence-corrected chi connectivity index (χ2v) is 4.86. The van der Waals surface area contributed by atoms with E-state index in [-0.39, 0.29) is 5.56 Å². The maximum absolute atomic E-state index is 11.8. The van der Waals surface area contributed by atoms with Crippen molar-refractivity contribution in [2.24, 2.45) is 0 Å². The second-order valence-electron chi connectivity index (χ2n) is 4.45. The Labute approximate surface area is 126 Å². The van der Waals surface area contributed by atoms with Crippen LogP contribution in [0.3, 0.4) is 0 Å². The van der Waals surface area contributed by atoms with Gasteiger partial charge in [-0.25, -0.2) is 4.98 Å². The van der Waals surface area contributed by atoms with Crippen LogP contribution >= 0.6 is 11.6 Å². The van der Waals surface area contributed by atoms with Gasteiger partial charge in [0.1, 0.15) is 0 Å². The highest BCUT2D eigenvalue weighted by molar-refractivity contribution is 6.33. The van der Waals surface area contributed by atoms with Gasteiger partial charge >= 0.3 is 0 Å². The van der Waals surface area contributed by atoms with Gasteiger partial charge in [-0.3, -0.25) is 9.78 Å². The van der Waals surface area contributed by atoms with Crippen molar-refractivity contribution in [3.63, 3.8) is 0 Å². The van der Waals surface area contributed by atoms with Crippen LogP contribution in [-0.4, -0.2) is 9.97 Å². The van der Waals surface area contributed by atoms with E-state index in [2.05, 4.69) is 15.3 Å². The van der Waals surface area contributed by atoms with Crippen LogP contribution in [0.1, 0.15) is 0 Å². The lowest BCUT2D eigenvalue weighted by Crippen LogP contribution is -2.10. The zero-order valence-corrected chi connectivity index (χ0v) is 11.8. The van der Waals surface area contributed by atoms with Gasteiger partial charge in [0.2, 0.25) is 5.95 Å². The molecule has 21 heavy (non-hydrogen) atoms. The number of nitrogens with one attached hydrogen (secondary N) is 2. The Bertz CT molecular complexity index is 815. The van der Waals surface area contributed by atoms with Gasteiger partial charge in [-0.05, 0) is 18.2 Å². The number of hydrogen-bond donors (Lipinski definition) is 2. The quantitative estimate of drug-likeness (QED) is 0.772. The lowest BCUT2D eigenvalue weighted by atomic mass is 10.1. The Balaban J connectivity index is 2.01. The minimum Gasteiger partial charge on any atom is -0.326 e. The third-order valence-electron chi connectivity index (χ3n) is 2.93. The smallest absolute Gasteiger partial charge is 0.252 e. The van der Waals surface area contributed by atoms with Gasteiger partial charge in [0.25, 0.3) is 5.56 Å². The Morgan fingerprint density at radius 3 is 2.48 bits per heavy atom. The van der Waals surface area contributed by atoms with Crippen LogP contribution < -0.4 is 10.9 Å². The van der Waals surface area contributed by atoms with Crippen molar-refractivity contribution in [1.29, 1.82) is 0 Å². The number of aromatic amines is 1. The Morgan fingerprint density at radius 2 is 1.71 bits per heavy atom. The molecule has 0 saturated carbocycles. The van der Waals surface area contributed by atoms with Crippen LogP contribution in [0.25, 0.3) is 11.3 Å². The van der Waals surface area contributed by atoms with Gasteiger partial charge in [-0.1, -0.05) is 48.0 Å². The maximum atomic E-state index is 11.8. The van der Waals surface area contributed by atoms with Crippen LogP contribution in [0.2, 0.25) is 5.02 Å². The highest BCUT2D eigenvalue weighted by Gasteiger charge is 2.07. The highest BCUT2D eigenvalue weighted by Crippen LogP contribution is 2.25. The fraction of sp³-hybridized carbons (Fsp3) is 0. The molecule has 2 N–H and O–H groups in total. The lowest BCUT2D eigenvalue weighted by Gasteiger charge is -2.08. The predicted molar refractivity (Wildman–Crippen MR) is 85.0 cm³/mol. The van der Waals surface area contributed by atoms with Crippen molar-refractivity contribution in [2.75, 3.05) is 5.32 Å². The molecule has 1 heterocycles. The van der Waals surface area contributed by atoms with Gasteiger partial charge < -0.3 is 5.32 Å². The van der Waals surface area contributed by atoms with E-state index in [0.717, 1.165) is 11.3 Å². The summed E-state index contributed by atoms with van der Waals surface area (Å²) < 4.78 is 0. The van der Waals surface area contributed by atoms with E-state index >= 15 is 0 Å². The largest absolute Gasteiger partial charge is 0.326 e. The maximum Gasteiger partial charge on any atom is 0.252 e. The topological polar surface area (TPSA) is 57.8 Å². The molecular weight excluding hydrogens is 286 g/mol. The molecule has 4 nitrogen and oxygen atoms in total. The van der Waals surface area contributed by atoms with E-state index in [1.54, 1.807) is 6.07 Å². The van der Waals surface area contributed by atoms with Gasteiger partial charge in [0.15, 0.2) is 0 Å². The Hall–Kier alpha value is -2.59. The molecule has 0 aliphatic heterocycles. The molecule has 2 aromatic carbocycles. The SMILES string of the molecule is O=c1cc(-c2ccccc2Cl)nc(Nc2ccccc2)[nH]1. The summed E-state index contributed by atoms with van der Waals surface area (Å²) in [6.07, 6.45) is 0. The summed E-state index contributed by atoms with van der Waals surface area (Å²) in [6.45, 7) is 0. The molecule has 0 aliphatic rings. The number of para-hydroxylation sites is 1. The van der Waals surface area contributed by atoms with Gasteiger partial charge in [-0.2, -0.15) is 0 Å². The number of aromatic nitrogens is 2. The standard InChI is InChI=1S/C16H12ClN3O/c17-13-9-5-4-8-12(13)14-10-15(21)20-16(19-14)18-11-6-2-1-3-7-11/h1-10H,(H2,18,19,20,21). The van der Waals surface area contributed by atoms with Crippen molar-refractivity contribution in [3.8, 4) is 11.3 Å². The molecule has 5 heteroatoms. The van der Waals surface area contributed by atoms with Crippen molar-refractivity contribution in [1.82, 2.24) is 9.97 Å². The monoisotopic (exact) mass is 297 g/mol. The average molecular weight is 298 g/mol. The lowest BCUT2D eigenvalue weighted by molar-refractivity contribution is 1.13. The first-order valence-corrected chi connectivity index (χ1v) is 6.78. The number of rotatable bonds is 3. The fourth-order valence-corrected chi connectivity index (χ4v) is 2.21. The first-order valence-electron chi connectivity index (χ1n) is 6.41. The van der Waals surface area contributed by atoms with Gasteiger partial charge in [0, 0.05) is 22.3 Å². The summed E-state index contributed by atoms with van der Waals surface area (Å²) in [5.74, 6) is 0.378. The Kier molecular flexibility index (Phi) is 3.71. The fourth-order valence-electron chi connectivity index (χ4n) is 1.98. The van der Waals surface area contributed by atoms with Crippen molar-refractivity contribution < 1.29 is 0 Å². The molecule has 0 atom stereocenters. The number of halogens is 1. The number of anilines is 2. The van der Waals surface area contributed by atoms with Crippen LogP contribution in [0.15, 0.2) is 65.5 Å². The van der Waals surface area contributed by atoms with E-state index in [0.29, 0.717) is 16.7 Å². The first kappa shape index (κ1) is 13.4. The van der Waals surface area contributed by atoms with Crippen LogP contribution in [-0.2, 0) is 0 Å². The summed E-state index contributed by atoms with van der Waals surface area (Å²) >= 11 is 6.15. The number of nitrogens with zero attached hydrogens (tertiary/aromatic N) is 1. The Morgan fingerprint density at radius 1 is 1.00 bits per heavy atom. The zero-order chi connectivity index (χ0) is 14.7. The predicted octanol–water partition coefficient (Wildman–Crippen LogP) is 3.83. The summed E-state index contributed by atoms with van der Waals surface area (Å²) in [6, 6.07) is 18.2. The molecule has 0 fully saturated rings. The van der Waals surface area contributed by atoms with Crippen LogP contribution in [0, 0.1) is 0 Å². The third kappa shape index (κ3) is 3.12. The molecule has 0 radical (unpaired) electrons. The number of H-pyrrole nitrogens is 1. The second kappa shape index (κ2) is 5.81. The number of benzene rings is 2. The van der Waals surface area contributed by atoms with Crippen molar-refractivity contribution >= 4 is 23.2 Å². The molecule has 1 aromatic heterocycles. The number of hydrogen-bond acceptors (Lipinski definition) is 3. The van der Waals surface area contributed by atoms with E-state index in [4.69, 9.17) is 11.6 Å². The molecule has 0 unspecified atom stereocenters. The molecule has 0 bridgehead atoms. The normalized spacial score (nSPS) is 10.3. The average Bonchev–Trinajstić information content (AvgIpc) is 2.48.